The van der Waals surface area contributed by atoms with Gasteiger partial charge in [0.2, 0.25) is 5.78 Å². The van der Waals surface area contributed by atoms with E-state index in [0.717, 1.165) is 11.1 Å². The lowest BCUT2D eigenvalue weighted by molar-refractivity contribution is 0.586. The van der Waals surface area contributed by atoms with Gasteiger partial charge in [-0.2, -0.15) is 0 Å². The Kier molecular flexibility index (Phi) is 4.06. The van der Waals surface area contributed by atoms with Gasteiger partial charge in [-0.3, -0.25) is 4.40 Å². The predicted molar refractivity (Wildman–Crippen MR) is 98.2 cm³/mol. The zero-order valence-corrected chi connectivity index (χ0v) is 14.9. The van der Waals surface area contributed by atoms with Gasteiger partial charge in [0, 0.05) is 31.3 Å². The summed E-state index contributed by atoms with van der Waals surface area (Å²) in [6.45, 7) is 0.571. The third kappa shape index (κ3) is 2.79. The number of fused-ring (bicyclic) bond motifs is 1. The van der Waals surface area contributed by atoms with E-state index in [1.165, 1.54) is 16.4 Å². The maximum atomic E-state index is 13.3. The molecule has 0 saturated heterocycles. The van der Waals surface area contributed by atoms with Gasteiger partial charge in [-0.1, -0.05) is 30.3 Å². The molecule has 26 heavy (non-hydrogen) atoms. The lowest BCUT2D eigenvalue weighted by Crippen LogP contribution is -2.14. The second-order valence-electron chi connectivity index (χ2n) is 5.85. The standard InChI is InChI=1S/C18H17N5O2S/c1-19-10-14-9-17(15-5-3-2-4-6-15)23(12-14)26(24,25)16-11-21-18-20-7-8-22(18)13-16/h2-9,11-13,19H,10H2,1H3. The number of nitrogens with one attached hydrogen (secondary N) is 1. The van der Waals surface area contributed by atoms with Crippen LogP contribution in [0.3, 0.4) is 0 Å². The van der Waals surface area contributed by atoms with Gasteiger partial charge >= 0.3 is 0 Å². The number of hydrogen-bond donors (Lipinski definition) is 1. The normalized spacial score (nSPS) is 11.9. The van der Waals surface area contributed by atoms with Crippen LogP contribution in [0.15, 0.2) is 72.3 Å². The van der Waals surface area contributed by atoms with E-state index in [1.807, 2.05) is 43.4 Å². The van der Waals surface area contributed by atoms with Crippen LogP contribution in [0.5, 0.6) is 0 Å². The van der Waals surface area contributed by atoms with E-state index in [0.29, 0.717) is 18.0 Å². The summed E-state index contributed by atoms with van der Waals surface area (Å²) in [5.41, 5.74) is 2.32. The van der Waals surface area contributed by atoms with Gasteiger partial charge in [0.1, 0.15) is 4.90 Å². The van der Waals surface area contributed by atoms with Crippen molar-refractivity contribution in [1.29, 1.82) is 0 Å². The molecule has 0 atom stereocenters. The van der Waals surface area contributed by atoms with Crippen molar-refractivity contribution in [2.75, 3.05) is 7.05 Å². The Morgan fingerprint density at radius 1 is 1.12 bits per heavy atom. The topological polar surface area (TPSA) is 81.3 Å². The fourth-order valence-electron chi connectivity index (χ4n) is 2.86. The second kappa shape index (κ2) is 6.40. The van der Waals surface area contributed by atoms with Crippen LogP contribution in [0.1, 0.15) is 5.56 Å². The Bertz CT molecular complexity index is 1160. The predicted octanol–water partition coefficient (Wildman–Crippen LogP) is 2.15. The Labute approximate surface area is 151 Å². The minimum absolute atomic E-state index is 0.104. The molecular weight excluding hydrogens is 350 g/mol. The van der Waals surface area contributed by atoms with E-state index in [1.54, 1.807) is 23.0 Å². The molecule has 3 aromatic heterocycles. The average molecular weight is 367 g/mol. The zero-order valence-electron chi connectivity index (χ0n) is 14.1. The molecule has 0 aliphatic heterocycles. The van der Waals surface area contributed by atoms with E-state index >= 15 is 0 Å². The lowest BCUT2D eigenvalue weighted by Gasteiger charge is -2.10. The van der Waals surface area contributed by atoms with Crippen molar-refractivity contribution in [1.82, 2.24) is 23.7 Å². The number of imidazole rings is 1. The molecule has 1 aromatic carbocycles. The van der Waals surface area contributed by atoms with Crippen LogP contribution >= 0.6 is 0 Å². The number of nitrogens with zero attached hydrogens (tertiary/aromatic N) is 4. The molecule has 0 bridgehead atoms. The quantitative estimate of drug-likeness (QED) is 0.585. The van der Waals surface area contributed by atoms with Crippen molar-refractivity contribution in [2.45, 2.75) is 11.4 Å². The minimum atomic E-state index is -3.81. The fourth-order valence-corrected chi connectivity index (χ4v) is 4.21. The van der Waals surface area contributed by atoms with Crippen molar-refractivity contribution in [3.05, 3.63) is 72.9 Å². The molecule has 0 fully saturated rings. The first-order valence-corrected chi connectivity index (χ1v) is 9.49. The summed E-state index contributed by atoms with van der Waals surface area (Å²) in [5.74, 6) is 0.454. The van der Waals surface area contributed by atoms with Crippen LogP contribution in [-0.4, -0.2) is 33.8 Å². The Balaban J connectivity index is 1.89. The van der Waals surface area contributed by atoms with Gasteiger partial charge in [-0.25, -0.2) is 22.4 Å². The largest absolute Gasteiger partial charge is 0.316 e. The molecule has 7 nitrogen and oxygen atoms in total. The summed E-state index contributed by atoms with van der Waals surface area (Å²) >= 11 is 0. The first-order chi connectivity index (χ1) is 12.6. The van der Waals surface area contributed by atoms with Gasteiger partial charge in [-0.15, -0.1) is 0 Å². The van der Waals surface area contributed by atoms with Gasteiger partial charge in [0.25, 0.3) is 10.0 Å². The maximum absolute atomic E-state index is 13.3. The summed E-state index contributed by atoms with van der Waals surface area (Å²) < 4.78 is 29.5. The molecule has 0 unspecified atom stereocenters. The molecular formula is C18H17N5O2S. The molecule has 8 heteroatoms. The summed E-state index contributed by atoms with van der Waals surface area (Å²) in [7, 11) is -1.98. The number of benzene rings is 1. The molecule has 0 amide bonds. The smallest absolute Gasteiger partial charge is 0.271 e. The molecule has 0 radical (unpaired) electrons. The Morgan fingerprint density at radius 3 is 2.69 bits per heavy atom. The molecule has 0 saturated carbocycles. The molecule has 0 aliphatic rings. The summed E-state index contributed by atoms with van der Waals surface area (Å²) in [4.78, 5) is 8.28. The van der Waals surface area contributed by atoms with E-state index in [4.69, 9.17) is 0 Å². The van der Waals surface area contributed by atoms with E-state index in [9.17, 15) is 8.42 Å². The summed E-state index contributed by atoms with van der Waals surface area (Å²) in [5, 5.41) is 3.06. The minimum Gasteiger partial charge on any atom is -0.316 e. The summed E-state index contributed by atoms with van der Waals surface area (Å²) in [6.07, 6.45) is 7.75. The van der Waals surface area contributed by atoms with Crippen molar-refractivity contribution in [3.8, 4) is 11.3 Å². The van der Waals surface area contributed by atoms with Gasteiger partial charge < -0.3 is 5.32 Å². The van der Waals surface area contributed by atoms with Crippen molar-refractivity contribution in [3.63, 3.8) is 0 Å². The van der Waals surface area contributed by atoms with Crippen LogP contribution in [0.25, 0.3) is 17.0 Å². The Morgan fingerprint density at radius 2 is 1.92 bits per heavy atom. The average Bonchev–Trinajstić information content (AvgIpc) is 3.29. The van der Waals surface area contributed by atoms with Crippen molar-refractivity contribution in [2.24, 2.45) is 0 Å². The SMILES string of the molecule is CNCc1cc(-c2ccccc2)n(S(=O)(=O)c2cnc3nccn3c2)c1. The van der Waals surface area contributed by atoms with Crippen LogP contribution in [0.2, 0.25) is 0 Å². The molecule has 1 N–H and O–H groups in total. The van der Waals surface area contributed by atoms with Crippen LogP contribution in [0, 0.1) is 0 Å². The molecule has 0 spiro atoms. The highest BCUT2D eigenvalue weighted by molar-refractivity contribution is 7.90. The molecule has 0 aliphatic carbocycles. The van der Waals surface area contributed by atoms with Gasteiger partial charge in [0.15, 0.2) is 0 Å². The number of aromatic nitrogens is 4. The third-order valence-corrected chi connectivity index (χ3v) is 5.70. The maximum Gasteiger partial charge on any atom is 0.271 e. The monoisotopic (exact) mass is 367 g/mol. The summed E-state index contributed by atoms with van der Waals surface area (Å²) in [6, 6.07) is 11.3. The van der Waals surface area contributed by atoms with Crippen LogP contribution in [-0.2, 0) is 16.6 Å². The number of rotatable bonds is 5. The second-order valence-corrected chi connectivity index (χ2v) is 7.67. The van der Waals surface area contributed by atoms with E-state index < -0.39 is 10.0 Å². The Hall–Kier alpha value is -2.97. The molecule has 4 aromatic rings. The molecule has 3 heterocycles. The van der Waals surface area contributed by atoms with Gasteiger partial charge in [-0.05, 0) is 24.2 Å². The first kappa shape index (κ1) is 16.5. The van der Waals surface area contributed by atoms with Crippen LogP contribution < -0.4 is 5.32 Å². The highest BCUT2D eigenvalue weighted by atomic mass is 32.2. The van der Waals surface area contributed by atoms with Crippen LogP contribution in [0.4, 0.5) is 0 Å². The third-order valence-electron chi connectivity index (χ3n) is 4.07. The molecule has 4 rings (SSSR count). The fraction of sp³-hybridized carbons (Fsp3) is 0.111. The van der Waals surface area contributed by atoms with E-state index in [2.05, 4.69) is 15.3 Å². The van der Waals surface area contributed by atoms with Crippen molar-refractivity contribution >= 4 is 15.8 Å². The molecule has 132 valence electrons. The highest BCUT2D eigenvalue weighted by Gasteiger charge is 2.23. The first-order valence-electron chi connectivity index (χ1n) is 8.05. The number of hydrogen-bond acceptors (Lipinski definition) is 5. The van der Waals surface area contributed by atoms with E-state index in [-0.39, 0.29) is 4.90 Å². The zero-order chi connectivity index (χ0) is 18.1. The lowest BCUT2D eigenvalue weighted by atomic mass is 10.1. The highest BCUT2D eigenvalue weighted by Crippen LogP contribution is 2.27. The van der Waals surface area contributed by atoms with Crippen molar-refractivity contribution < 1.29 is 8.42 Å². The van der Waals surface area contributed by atoms with Gasteiger partial charge in [0.05, 0.1) is 11.9 Å².